The molecular weight excluding hydrogens is 260 g/mol. The molecule has 0 spiro atoms. The van der Waals surface area contributed by atoms with E-state index in [9.17, 15) is 4.79 Å². The number of halogens is 1. The number of carbonyl (C=O) groups is 1. The minimum absolute atomic E-state index is 0.0118. The lowest BCUT2D eigenvalue weighted by molar-refractivity contribution is -0.137. The Morgan fingerprint density at radius 3 is 2.37 bits per heavy atom. The average Bonchev–Trinajstić information content (AvgIpc) is 2.39. The third kappa shape index (κ3) is 3.36. The summed E-state index contributed by atoms with van der Waals surface area (Å²) in [5.41, 5.74) is 3.05. The third-order valence-corrected chi connectivity index (χ3v) is 3.47. The molecule has 1 N–H and O–H groups in total. The van der Waals surface area contributed by atoms with Gasteiger partial charge in [0.15, 0.2) is 0 Å². The highest BCUT2D eigenvalue weighted by atomic mass is 35.5. The molecule has 98 valence electrons. The summed E-state index contributed by atoms with van der Waals surface area (Å²) in [6.45, 7) is 1.92. The molecule has 0 heterocycles. The summed E-state index contributed by atoms with van der Waals surface area (Å²) in [6, 6.07) is 15.6. The highest BCUT2D eigenvalue weighted by molar-refractivity contribution is 6.33. The molecule has 19 heavy (non-hydrogen) atoms. The van der Waals surface area contributed by atoms with Crippen molar-refractivity contribution in [1.29, 1.82) is 0 Å². The largest absolute Gasteiger partial charge is 0.481 e. The number of benzene rings is 2. The van der Waals surface area contributed by atoms with E-state index in [1.807, 2.05) is 55.5 Å². The van der Waals surface area contributed by atoms with Crippen LogP contribution in [0.5, 0.6) is 0 Å². The molecule has 2 aromatic carbocycles. The van der Waals surface area contributed by atoms with Crippen LogP contribution in [0.2, 0.25) is 5.02 Å². The molecule has 0 fully saturated rings. The van der Waals surface area contributed by atoms with Gasteiger partial charge in [-0.25, -0.2) is 0 Å². The molecule has 0 saturated carbocycles. The van der Waals surface area contributed by atoms with E-state index in [0.717, 1.165) is 16.7 Å². The Kier molecular flexibility index (Phi) is 4.23. The number of carboxylic acids is 1. The Bertz CT molecular complexity index is 576. The molecular formula is C16H15ClO2. The van der Waals surface area contributed by atoms with Crippen LogP contribution in [0, 0.1) is 0 Å². The van der Waals surface area contributed by atoms with Crippen molar-refractivity contribution >= 4 is 17.6 Å². The number of hydrogen-bond acceptors (Lipinski definition) is 1. The van der Waals surface area contributed by atoms with Gasteiger partial charge < -0.3 is 5.11 Å². The fourth-order valence-corrected chi connectivity index (χ4v) is 2.31. The van der Waals surface area contributed by atoms with Crippen molar-refractivity contribution in [1.82, 2.24) is 0 Å². The molecule has 2 rings (SSSR count). The highest BCUT2D eigenvalue weighted by Gasteiger charge is 2.10. The van der Waals surface area contributed by atoms with Gasteiger partial charge in [0, 0.05) is 10.6 Å². The number of carboxylic acid groups (broad SMARTS) is 1. The molecule has 2 nitrogen and oxygen atoms in total. The lowest BCUT2D eigenvalue weighted by Gasteiger charge is -2.10. The maximum Gasteiger partial charge on any atom is 0.303 e. The van der Waals surface area contributed by atoms with E-state index in [1.54, 1.807) is 0 Å². The zero-order valence-electron chi connectivity index (χ0n) is 10.6. The number of aliphatic carboxylic acids is 1. The first-order chi connectivity index (χ1) is 9.08. The minimum Gasteiger partial charge on any atom is -0.481 e. The first-order valence-electron chi connectivity index (χ1n) is 6.14. The molecule has 2 aromatic rings. The zero-order valence-corrected chi connectivity index (χ0v) is 11.4. The second-order valence-corrected chi connectivity index (χ2v) is 5.01. The van der Waals surface area contributed by atoms with Crippen LogP contribution in [0.1, 0.15) is 24.8 Å². The summed E-state index contributed by atoms with van der Waals surface area (Å²) in [7, 11) is 0. The number of rotatable bonds is 4. The normalized spacial score (nSPS) is 12.1. The smallest absolute Gasteiger partial charge is 0.303 e. The predicted molar refractivity (Wildman–Crippen MR) is 77.6 cm³/mol. The van der Waals surface area contributed by atoms with Crippen LogP contribution in [0.4, 0.5) is 0 Å². The van der Waals surface area contributed by atoms with Crippen molar-refractivity contribution in [3.8, 4) is 11.1 Å². The summed E-state index contributed by atoms with van der Waals surface area (Å²) in [4.78, 5) is 10.7. The Morgan fingerprint density at radius 1 is 1.16 bits per heavy atom. The maximum atomic E-state index is 10.7. The van der Waals surface area contributed by atoms with Gasteiger partial charge >= 0.3 is 5.97 Å². The van der Waals surface area contributed by atoms with Gasteiger partial charge in [0.25, 0.3) is 0 Å². The summed E-state index contributed by atoms with van der Waals surface area (Å²) in [5, 5.41) is 9.51. The van der Waals surface area contributed by atoms with E-state index >= 15 is 0 Å². The quantitative estimate of drug-likeness (QED) is 0.886. The topological polar surface area (TPSA) is 37.3 Å². The van der Waals surface area contributed by atoms with Gasteiger partial charge in [-0.1, -0.05) is 61.0 Å². The average molecular weight is 275 g/mol. The first kappa shape index (κ1) is 13.6. The van der Waals surface area contributed by atoms with Gasteiger partial charge in [-0.15, -0.1) is 0 Å². The van der Waals surface area contributed by atoms with E-state index in [-0.39, 0.29) is 12.3 Å². The van der Waals surface area contributed by atoms with E-state index < -0.39 is 5.97 Å². The third-order valence-electron chi connectivity index (χ3n) is 3.15. The van der Waals surface area contributed by atoms with Crippen LogP contribution in [0.25, 0.3) is 11.1 Å². The van der Waals surface area contributed by atoms with Gasteiger partial charge in [0.05, 0.1) is 6.42 Å². The van der Waals surface area contributed by atoms with Crippen LogP contribution in [-0.2, 0) is 4.79 Å². The summed E-state index contributed by atoms with van der Waals surface area (Å²) in [6.07, 6.45) is 0.144. The lowest BCUT2D eigenvalue weighted by atomic mass is 9.95. The van der Waals surface area contributed by atoms with Gasteiger partial charge in [0.2, 0.25) is 0 Å². The van der Waals surface area contributed by atoms with Gasteiger partial charge in [0.1, 0.15) is 0 Å². The van der Waals surface area contributed by atoms with Crippen LogP contribution in [0.15, 0.2) is 48.5 Å². The standard InChI is InChI=1S/C16H15ClO2/c1-11(10-16(18)19)12-6-8-13(9-7-12)14-4-2-3-5-15(14)17/h2-9,11H,10H2,1H3,(H,18,19). The van der Waals surface area contributed by atoms with Crippen molar-refractivity contribution in [2.45, 2.75) is 19.3 Å². The Morgan fingerprint density at radius 2 is 1.79 bits per heavy atom. The summed E-state index contributed by atoms with van der Waals surface area (Å²) >= 11 is 6.15. The second kappa shape index (κ2) is 5.89. The van der Waals surface area contributed by atoms with Crippen molar-refractivity contribution in [2.24, 2.45) is 0 Å². The molecule has 1 unspecified atom stereocenters. The SMILES string of the molecule is CC(CC(=O)O)c1ccc(-c2ccccc2Cl)cc1. The minimum atomic E-state index is -0.775. The number of hydrogen-bond donors (Lipinski definition) is 1. The van der Waals surface area contributed by atoms with Crippen molar-refractivity contribution in [3.05, 3.63) is 59.1 Å². The highest BCUT2D eigenvalue weighted by Crippen LogP contribution is 2.29. The molecule has 0 aliphatic rings. The van der Waals surface area contributed by atoms with Crippen LogP contribution < -0.4 is 0 Å². The Hall–Kier alpha value is -1.80. The van der Waals surface area contributed by atoms with Gasteiger partial charge in [-0.3, -0.25) is 4.79 Å². The van der Waals surface area contributed by atoms with Gasteiger partial charge in [-0.2, -0.15) is 0 Å². The summed E-state index contributed by atoms with van der Waals surface area (Å²) < 4.78 is 0. The predicted octanol–water partition coefficient (Wildman–Crippen LogP) is 4.59. The van der Waals surface area contributed by atoms with Gasteiger partial charge in [-0.05, 0) is 23.1 Å². The van der Waals surface area contributed by atoms with Crippen molar-refractivity contribution in [2.75, 3.05) is 0 Å². The molecule has 0 bridgehead atoms. The van der Waals surface area contributed by atoms with E-state index in [4.69, 9.17) is 16.7 Å². The van der Waals surface area contributed by atoms with E-state index in [1.165, 1.54) is 0 Å². The molecule has 0 amide bonds. The zero-order chi connectivity index (χ0) is 13.8. The molecule has 0 radical (unpaired) electrons. The second-order valence-electron chi connectivity index (χ2n) is 4.60. The summed E-state index contributed by atoms with van der Waals surface area (Å²) in [5.74, 6) is -0.763. The molecule has 0 saturated heterocycles. The first-order valence-corrected chi connectivity index (χ1v) is 6.52. The Labute approximate surface area is 117 Å². The lowest BCUT2D eigenvalue weighted by Crippen LogP contribution is -2.02. The van der Waals surface area contributed by atoms with Crippen molar-refractivity contribution < 1.29 is 9.90 Å². The van der Waals surface area contributed by atoms with E-state index in [0.29, 0.717) is 5.02 Å². The Balaban J connectivity index is 2.24. The molecule has 0 aliphatic heterocycles. The monoisotopic (exact) mass is 274 g/mol. The van der Waals surface area contributed by atoms with Crippen molar-refractivity contribution in [3.63, 3.8) is 0 Å². The van der Waals surface area contributed by atoms with Crippen LogP contribution in [-0.4, -0.2) is 11.1 Å². The molecule has 3 heteroatoms. The molecule has 0 aliphatic carbocycles. The molecule has 1 atom stereocenters. The molecule has 0 aromatic heterocycles. The fourth-order valence-electron chi connectivity index (χ4n) is 2.07. The van der Waals surface area contributed by atoms with Crippen LogP contribution in [0.3, 0.4) is 0 Å². The van der Waals surface area contributed by atoms with Crippen LogP contribution >= 0.6 is 11.6 Å². The maximum absolute atomic E-state index is 10.7. The van der Waals surface area contributed by atoms with E-state index in [2.05, 4.69) is 0 Å². The fraction of sp³-hybridized carbons (Fsp3) is 0.188.